The smallest absolute Gasteiger partial charge is 0.246 e. The van der Waals surface area contributed by atoms with Crippen molar-refractivity contribution in [2.24, 2.45) is 0 Å². The van der Waals surface area contributed by atoms with Gasteiger partial charge in [0.15, 0.2) is 0 Å². The van der Waals surface area contributed by atoms with Crippen molar-refractivity contribution in [3.8, 4) is 0 Å². The number of carbonyl (C=O) groups is 1. The molecule has 0 aromatic heterocycles. The topological polar surface area (TPSA) is 56.8 Å². The first-order valence-corrected chi connectivity index (χ1v) is 4.28. The second kappa shape index (κ2) is 5.90. The lowest BCUT2D eigenvalue weighted by Crippen LogP contribution is -2.40. The Balaban J connectivity index is 2.06. The van der Waals surface area contributed by atoms with E-state index in [0.717, 1.165) is 0 Å². The Morgan fingerprint density at radius 2 is 2.46 bits per heavy atom. The van der Waals surface area contributed by atoms with E-state index in [1.165, 1.54) is 7.11 Å². The van der Waals surface area contributed by atoms with Gasteiger partial charge in [0.1, 0.15) is 6.61 Å². The summed E-state index contributed by atoms with van der Waals surface area (Å²) in [6, 6.07) is 0. The number of carbonyl (C=O) groups excluding carboxylic acids is 1. The summed E-state index contributed by atoms with van der Waals surface area (Å²) in [5.74, 6) is -0.128. The monoisotopic (exact) mass is 189 g/mol. The molecule has 0 spiro atoms. The molecule has 0 aliphatic carbocycles. The minimum absolute atomic E-state index is 0.0189. The minimum atomic E-state index is -0.128. The Morgan fingerprint density at radius 3 is 3.08 bits per heavy atom. The Kier molecular flexibility index (Phi) is 4.74. The van der Waals surface area contributed by atoms with Crippen LogP contribution in [-0.4, -0.2) is 52.1 Å². The Hall–Kier alpha value is -0.650. The van der Waals surface area contributed by atoms with Gasteiger partial charge in [-0.2, -0.15) is 0 Å². The highest BCUT2D eigenvalue weighted by Gasteiger charge is 2.14. The van der Waals surface area contributed by atoms with Crippen LogP contribution in [0, 0.1) is 0 Å². The molecule has 1 heterocycles. The average Bonchev–Trinajstić information content (AvgIpc) is 2.17. The van der Waals surface area contributed by atoms with Crippen LogP contribution < -0.4 is 5.32 Å². The van der Waals surface area contributed by atoms with Gasteiger partial charge >= 0.3 is 0 Å². The molecule has 0 aromatic carbocycles. The van der Waals surface area contributed by atoms with Gasteiger partial charge in [0.2, 0.25) is 5.91 Å². The Bertz CT molecular complexity index is 156. The van der Waals surface area contributed by atoms with Crippen molar-refractivity contribution in [2.45, 2.75) is 6.10 Å². The van der Waals surface area contributed by atoms with Gasteiger partial charge in [-0.15, -0.1) is 0 Å². The Labute approximate surface area is 77.3 Å². The molecule has 1 N–H and O–H groups in total. The van der Waals surface area contributed by atoms with Crippen molar-refractivity contribution in [3.63, 3.8) is 0 Å². The van der Waals surface area contributed by atoms with E-state index in [9.17, 15) is 4.79 Å². The van der Waals surface area contributed by atoms with Crippen molar-refractivity contribution in [2.75, 3.05) is 40.1 Å². The molecule has 1 aliphatic rings. The second-order valence-electron chi connectivity index (χ2n) is 2.80. The van der Waals surface area contributed by atoms with Crippen LogP contribution in [0.3, 0.4) is 0 Å². The van der Waals surface area contributed by atoms with E-state index >= 15 is 0 Å². The number of nitrogens with one attached hydrogen (secondary N) is 1. The van der Waals surface area contributed by atoms with Gasteiger partial charge in [-0.3, -0.25) is 4.79 Å². The molecule has 1 fully saturated rings. The van der Waals surface area contributed by atoms with E-state index in [0.29, 0.717) is 26.4 Å². The summed E-state index contributed by atoms with van der Waals surface area (Å²) in [4.78, 5) is 11.0. The average molecular weight is 189 g/mol. The van der Waals surface area contributed by atoms with Crippen molar-refractivity contribution in [3.05, 3.63) is 0 Å². The summed E-state index contributed by atoms with van der Waals surface area (Å²) in [7, 11) is 1.49. The minimum Gasteiger partial charge on any atom is -0.376 e. The highest BCUT2D eigenvalue weighted by Crippen LogP contribution is 1.98. The summed E-state index contributed by atoms with van der Waals surface area (Å²) in [5, 5.41) is 2.68. The van der Waals surface area contributed by atoms with Crippen LogP contribution in [0.4, 0.5) is 0 Å². The highest BCUT2D eigenvalue weighted by molar-refractivity contribution is 5.77. The SMILES string of the molecule is COCC(=O)NCC1COCCO1. The normalized spacial score (nSPS) is 22.7. The zero-order valence-electron chi connectivity index (χ0n) is 7.75. The van der Waals surface area contributed by atoms with Gasteiger partial charge in [0.05, 0.1) is 25.9 Å². The fraction of sp³-hybridized carbons (Fsp3) is 0.875. The first-order chi connectivity index (χ1) is 6.33. The van der Waals surface area contributed by atoms with Gasteiger partial charge in [0.25, 0.3) is 0 Å². The molecule has 5 nitrogen and oxygen atoms in total. The molecular formula is C8H15NO4. The molecular weight excluding hydrogens is 174 g/mol. The third-order valence-corrected chi connectivity index (χ3v) is 1.69. The lowest BCUT2D eigenvalue weighted by molar-refractivity contribution is -0.127. The van der Waals surface area contributed by atoms with Gasteiger partial charge in [-0.25, -0.2) is 0 Å². The molecule has 0 bridgehead atoms. The second-order valence-corrected chi connectivity index (χ2v) is 2.80. The van der Waals surface area contributed by atoms with Crippen LogP contribution >= 0.6 is 0 Å². The first-order valence-electron chi connectivity index (χ1n) is 4.28. The van der Waals surface area contributed by atoms with Gasteiger partial charge < -0.3 is 19.5 Å². The van der Waals surface area contributed by atoms with Crippen LogP contribution in [-0.2, 0) is 19.0 Å². The summed E-state index contributed by atoms with van der Waals surface area (Å²) in [6.45, 7) is 2.37. The molecule has 76 valence electrons. The van der Waals surface area contributed by atoms with Crippen LogP contribution in [0.5, 0.6) is 0 Å². The summed E-state index contributed by atoms with van der Waals surface area (Å²) in [6.07, 6.45) is -0.0189. The zero-order valence-corrected chi connectivity index (χ0v) is 7.75. The summed E-state index contributed by atoms with van der Waals surface area (Å²) >= 11 is 0. The third-order valence-electron chi connectivity index (χ3n) is 1.69. The number of amides is 1. The van der Waals surface area contributed by atoms with Crippen molar-refractivity contribution in [1.82, 2.24) is 5.32 Å². The maximum Gasteiger partial charge on any atom is 0.246 e. The number of ether oxygens (including phenoxy) is 3. The fourth-order valence-corrected chi connectivity index (χ4v) is 1.06. The molecule has 0 saturated carbocycles. The zero-order chi connectivity index (χ0) is 9.52. The van der Waals surface area contributed by atoms with Crippen molar-refractivity contribution < 1.29 is 19.0 Å². The van der Waals surface area contributed by atoms with Crippen LogP contribution in [0.15, 0.2) is 0 Å². The number of methoxy groups -OCH3 is 1. The van der Waals surface area contributed by atoms with Crippen LogP contribution in [0.1, 0.15) is 0 Å². The van der Waals surface area contributed by atoms with Crippen LogP contribution in [0.25, 0.3) is 0 Å². The molecule has 13 heavy (non-hydrogen) atoms. The lowest BCUT2D eigenvalue weighted by Gasteiger charge is -2.22. The molecule has 1 aliphatic heterocycles. The van der Waals surface area contributed by atoms with E-state index in [1.54, 1.807) is 0 Å². The lowest BCUT2D eigenvalue weighted by atomic mass is 10.3. The molecule has 1 rings (SSSR count). The third kappa shape index (κ3) is 4.21. The van der Waals surface area contributed by atoms with E-state index < -0.39 is 0 Å². The maximum absolute atomic E-state index is 11.0. The largest absolute Gasteiger partial charge is 0.376 e. The Morgan fingerprint density at radius 1 is 1.62 bits per heavy atom. The van der Waals surface area contributed by atoms with Crippen molar-refractivity contribution >= 4 is 5.91 Å². The molecule has 1 amide bonds. The van der Waals surface area contributed by atoms with Crippen LogP contribution in [0.2, 0.25) is 0 Å². The van der Waals surface area contributed by atoms with E-state index in [1.807, 2.05) is 0 Å². The molecule has 0 aromatic rings. The number of hydrogen-bond acceptors (Lipinski definition) is 4. The molecule has 1 saturated heterocycles. The first kappa shape index (κ1) is 10.4. The van der Waals surface area contributed by atoms with Gasteiger partial charge in [-0.05, 0) is 0 Å². The van der Waals surface area contributed by atoms with Gasteiger partial charge in [-0.1, -0.05) is 0 Å². The number of rotatable bonds is 4. The standard InChI is InChI=1S/C8H15NO4/c1-11-6-8(10)9-4-7-5-12-2-3-13-7/h7H,2-6H2,1H3,(H,9,10). The fourth-order valence-electron chi connectivity index (χ4n) is 1.06. The molecule has 1 unspecified atom stereocenters. The molecule has 0 radical (unpaired) electrons. The summed E-state index contributed by atoms with van der Waals surface area (Å²) < 4.78 is 15.2. The predicted octanol–water partition coefficient (Wildman–Crippen LogP) is -0.836. The summed E-state index contributed by atoms with van der Waals surface area (Å²) in [5.41, 5.74) is 0. The predicted molar refractivity (Wildman–Crippen MR) is 45.4 cm³/mol. The quantitative estimate of drug-likeness (QED) is 0.626. The van der Waals surface area contributed by atoms with E-state index in [4.69, 9.17) is 9.47 Å². The highest BCUT2D eigenvalue weighted by atomic mass is 16.6. The van der Waals surface area contributed by atoms with E-state index in [-0.39, 0.29) is 18.6 Å². The number of hydrogen-bond donors (Lipinski definition) is 1. The van der Waals surface area contributed by atoms with Gasteiger partial charge in [0, 0.05) is 13.7 Å². The van der Waals surface area contributed by atoms with E-state index in [2.05, 4.69) is 10.1 Å². The maximum atomic E-state index is 11.0. The molecule has 1 atom stereocenters. The molecule has 5 heteroatoms. The van der Waals surface area contributed by atoms with Crippen molar-refractivity contribution in [1.29, 1.82) is 0 Å².